The highest BCUT2D eigenvalue weighted by Gasteiger charge is 2.28. The van der Waals surface area contributed by atoms with Crippen LogP contribution in [0.5, 0.6) is 0 Å². The first-order chi connectivity index (χ1) is 10.8. The van der Waals surface area contributed by atoms with Crippen molar-refractivity contribution in [1.29, 1.82) is 0 Å². The Kier molecular flexibility index (Phi) is 4.81. The van der Waals surface area contributed by atoms with Crippen LogP contribution in [0.4, 0.5) is 5.69 Å². The van der Waals surface area contributed by atoms with E-state index in [4.69, 9.17) is 0 Å². The van der Waals surface area contributed by atoms with Crippen LogP contribution in [0, 0.1) is 0 Å². The largest absolute Gasteiger partial charge is 0.325 e. The molecule has 0 radical (unpaired) electrons. The van der Waals surface area contributed by atoms with Crippen molar-refractivity contribution < 1.29 is 4.79 Å². The van der Waals surface area contributed by atoms with Crippen LogP contribution in [0.3, 0.4) is 0 Å². The summed E-state index contributed by atoms with van der Waals surface area (Å²) in [5, 5.41) is 6.30. The minimum absolute atomic E-state index is 0.00934. The second-order valence-electron chi connectivity index (χ2n) is 5.72. The van der Waals surface area contributed by atoms with Crippen molar-refractivity contribution in [1.82, 2.24) is 10.3 Å². The molecule has 1 saturated carbocycles. The van der Waals surface area contributed by atoms with Crippen molar-refractivity contribution in [3.63, 3.8) is 0 Å². The molecule has 1 aliphatic rings. The number of nitrogens with one attached hydrogen (secondary N) is 2. The number of hydrogen-bond donors (Lipinski definition) is 2. The number of nitrogens with zero attached hydrogens (tertiary/aromatic N) is 1. The van der Waals surface area contributed by atoms with Crippen LogP contribution < -0.4 is 10.6 Å². The monoisotopic (exact) mass is 295 g/mol. The Hall–Kier alpha value is -2.20. The molecule has 0 aliphatic heterocycles. The number of rotatable bonds is 5. The van der Waals surface area contributed by atoms with Gasteiger partial charge in [0.25, 0.3) is 0 Å². The Morgan fingerprint density at radius 2 is 1.86 bits per heavy atom. The summed E-state index contributed by atoms with van der Waals surface area (Å²) in [4.78, 5) is 16.0. The zero-order chi connectivity index (χ0) is 15.2. The summed E-state index contributed by atoms with van der Waals surface area (Å²) in [6.07, 6.45) is 6.87. The number of hydrogen-bond acceptors (Lipinski definition) is 3. The molecule has 0 spiro atoms. The Balaban J connectivity index is 1.53. The third-order valence-electron chi connectivity index (χ3n) is 4.23. The summed E-state index contributed by atoms with van der Waals surface area (Å²) < 4.78 is 0. The van der Waals surface area contributed by atoms with Gasteiger partial charge in [-0.15, -0.1) is 0 Å². The molecular formula is C18H21N3O. The van der Waals surface area contributed by atoms with Gasteiger partial charge in [-0.05, 0) is 36.5 Å². The molecule has 1 aliphatic carbocycles. The molecule has 1 aromatic carbocycles. The van der Waals surface area contributed by atoms with Gasteiger partial charge >= 0.3 is 0 Å². The van der Waals surface area contributed by atoms with Crippen LogP contribution >= 0.6 is 0 Å². The fraction of sp³-hybridized carbons (Fsp3) is 0.333. The van der Waals surface area contributed by atoms with E-state index < -0.39 is 0 Å². The molecule has 114 valence electrons. The van der Waals surface area contributed by atoms with E-state index in [2.05, 4.69) is 39.9 Å². The SMILES string of the molecule is O=C(CN[C@@H]1CCC[C@H]1c1ccccc1)Nc1ccncc1. The highest BCUT2D eigenvalue weighted by Crippen LogP contribution is 2.34. The second kappa shape index (κ2) is 7.18. The predicted octanol–water partition coefficient (Wildman–Crippen LogP) is 2.95. The Bertz CT molecular complexity index is 600. The van der Waals surface area contributed by atoms with E-state index in [0.717, 1.165) is 12.1 Å². The van der Waals surface area contributed by atoms with Crippen LogP contribution in [-0.2, 0) is 4.79 Å². The Labute approximate surface area is 131 Å². The fourth-order valence-corrected chi connectivity index (χ4v) is 3.17. The fourth-order valence-electron chi connectivity index (χ4n) is 3.17. The molecule has 1 fully saturated rings. The summed E-state index contributed by atoms with van der Waals surface area (Å²) in [6.45, 7) is 0.344. The van der Waals surface area contributed by atoms with E-state index in [1.807, 2.05) is 6.07 Å². The molecular weight excluding hydrogens is 274 g/mol. The first kappa shape index (κ1) is 14.7. The molecule has 4 heteroatoms. The van der Waals surface area contributed by atoms with E-state index >= 15 is 0 Å². The lowest BCUT2D eigenvalue weighted by molar-refractivity contribution is -0.115. The van der Waals surface area contributed by atoms with E-state index in [1.54, 1.807) is 24.5 Å². The number of carbonyl (C=O) groups excluding carboxylic acids is 1. The lowest BCUT2D eigenvalue weighted by atomic mass is 9.94. The van der Waals surface area contributed by atoms with Gasteiger partial charge in [-0.2, -0.15) is 0 Å². The molecule has 0 saturated heterocycles. The van der Waals surface area contributed by atoms with Crippen molar-refractivity contribution >= 4 is 11.6 Å². The lowest BCUT2D eigenvalue weighted by Crippen LogP contribution is -2.37. The zero-order valence-electron chi connectivity index (χ0n) is 12.5. The van der Waals surface area contributed by atoms with E-state index in [9.17, 15) is 4.79 Å². The smallest absolute Gasteiger partial charge is 0.238 e. The van der Waals surface area contributed by atoms with Gasteiger partial charge in [-0.25, -0.2) is 0 Å². The van der Waals surface area contributed by atoms with Crippen LogP contribution in [-0.4, -0.2) is 23.5 Å². The molecule has 2 atom stereocenters. The first-order valence-electron chi connectivity index (χ1n) is 7.81. The third kappa shape index (κ3) is 3.71. The van der Waals surface area contributed by atoms with Crippen molar-refractivity contribution in [2.75, 3.05) is 11.9 Å². The highest BCUT2D eigenvalue weighted by atomic mass is 16.1. The Morgan fingerprint density at radius 1 is 1.09 bits per heavy atom. The van der Waals surface area contributed by atoms with Crippen molar-refractivity contribution in [2.45, 2.75) is 31.2 Å². The summed E-state index contributed by atoms with van der Waals surface area (Å²) in [7, 11) is 0. The standard InChI is InChI=1S/C18H21N3O/c22-18(21-15-9-11-19-12-10-15)13-20-17-8-4-7-16(17)14-5-2-1-3-6-14/h1-3,5-6,9-12,16-17,20H,4,7-8,13H2,(H,19,21,22)/t16-,17+/m0/s1. The minimum Gasteiger partial charge on any atom is -0.325 e. The Morgan fingerprint density at radius 3 is 2.64 bits per heavy atom. The number of aromatic nitrogens is 1. The number of pyridine rings is 1. The highest BCUT2D eigenvalue weighted by molar-refractivity contribution is 5.92. The molecule has 4 nitrogen and oxygen atoms in total. The molecule has 2 N–H and O–H groups in total. The zero-order valence-corrected chi connectivity index (χ0v) is 12.5. The predicted molar refractivity (Wildman–Crippen MR) is 87.7 cm³/mol. The molecule has 1 heterocycles. The van der Waals surface area contributed by atoms with E-state index in [0.29, 0.717) is 18.5 Å². The lowest BCUT2D eigenvalue weighted by Gasteiger charge is -2.21. The van der Waals surface area contributed by atoms with Gasteiger partial charge < -0.3 is 10.6 Å². The molecule has 1 aromatic heterocycles. The maximum atomic E-state index is 12.0. The van der Waals surface area contributed by atoms with Gasteiger partial charge in [0.1, 0.15) is 0 Å². The third-order valence-corrected chi connectivity index (χ3v) is 4.23. The summed E-state index contributed by atoms with van der Waals surface area (Å²) in [6, 6.07) is 14.5. The van der Waals surface area contributed by atoms with Crippen LogP contribution in [0.25, 0.3) is 0 Å². The molecule has 3 rings (SSSR count). The summed E-state index contributed by atoms with van der Waals surface area (Å²) >= 11 is 0. The van der Waals surface area contributed by atoms with Gasteiger partial charge in [-0.3, -0.25) is 9.78 Å². The summed E-state index contributed by atoms with van der Waals surface area (Å²) in [5.41, 5.74) is 2.15. The van der Waals surface area contributed by atoms with Gasteiger partial charge in [0, 0.05) is 24.1 Å². The normalized spacial score (nSPS) is 20.7. The van der Waals surface area contributed by atoms with E-state index in [-0.39, 0.29) is 5.91 Å². The average molecular weight is 295 g/mol. The minimum atomic E-state index is -0.00934. The summed E-state index contributed by atoms with van der Waals surface area (Å²) in [5.74, 6) is 0.500. The van der Waals surface area contributed by atoms with Crippen molar-refractivity contribution in [3.05, 3.63) is 60.4 Å². The molecule has 0 bridgehead atoms. The first-order valence-corrected chi connectivity index (χ1v) is 7.81. The maximum absolute atomic E-state index is 12.0. The van der Waals surface area contributed by atoms with Crippen LogP contribution in [0.1, 0.15) is 30.7 Å². The molecule has 0 unspecified atom stereocenters. The maximum Gasteiger partial charge on any atom is 0.238 e. The molecule has 1 amide bonds. The van der Waals surface area contributed by atoms with Gasteiger partial charge in [-0.1, -0.05) is 36.8 Å². The van der Waals surface area contributed by atoms with Crippen LogP contribution in [0.2, 0.25) is 0 Å². The topological polar surface area (TPSA) is 54.0 Å². The van der Waals surface area contributed by atoms with Crippen LogP contribution in [0.15, 0.2) is 54.9 Å². The van der Waals surface area contributed by atoms with Crippen molar-refractivity contribution in [3.8, 4) is 0 Å². The van der Waals surface area contributed by atoms with Gasteiger partial charge in [0.2, 0.25) is 5.91 Å². The van der Waals surface area contributed by atoms with Crippen molar-refractivity contribution in [2.24, 2.45) is 0 Å². The number of benzene rings is 1. The number of amides is 1. The molecule has 22 heavy (non-hydrogen) atoms. The van der Waals surface area contributed by atoms with E-state index in [1.165, 1.54) is 18.4 Å². The molecule has 2 aromatic rings. The van der Waals surface area contributed by atoms with Gasteiger partial charge in [0.05, 0.1) is 6.54 Å². The number of carbonyl (C=O) groups is 1. The average Bonchev–Trinajstić information content (AvgIpc) is 3.03. The number of anilines is 1. The second-order valence-corrected chi connectivity index (χ2v) is 5.72. The van der Waals surface area contributed by atoms with Gasteiger partial charge in [0.15, 0.2) is 0 Å². The quantitative estimate of drug-likeness (QED) is 0.891.